The maximum absolute atomic E-state index is 13.0. The van der Waals surface area contributed by atoms with E-state index in [1.165, 1.54) is 6.07 Å². The molecule has 0 radical (unpaired) electrons. The van der Waals surface area contributed by atoms with Gasteiger partial charge in [0.15, 0.2) is 6.61 Å². The van der Waals surface area contributed by atoms with E-state index >= 15 is 0 Å². The maximum atomic E-state index is 13.0. The Hall–Kier alpha value is -2.05. The van der Waals surface area contributed by atoms with Crippen molar-refractivity contribution in [1.82, 2.24) is 0 Å². The molecule has 0 bridgehead atoms. The van der Waals surface area contributed by atoms with Crippen LogP contribution in [0.15, 0.2) is 47.4 Å². The van der Waals surface area contributed by atoms with Crippen LogP contribution in [0.4, 0.5) is 10.1 Å². The molecule has 3 rings (SSSR count). The van der Waals surface area contributed by atoms with Crippen LogP contribution < -0.4 is 4.90 Å². The highest BCUT2D eigenvalue weighted by molar-refractivity contribution is 7.99. The Kier molecular flexibility index (Phi) is 5.06. The summed E-state index contributed by atoms with van der Waals surface area (Å²) in [4.78, 5) is 27.0. The summed E-state index contributed by atoms with van der Waals surface area (Å²) < 4.78 is 18.0. The summed E-state index contributed by atoms with van der Waals surface area (Å²) in [6.07, 6.45) is 0. The molecule has 0 N–H and O–H groups in total. The number of anilines is 1. The first kappa shape index (κ1) is 16.8. The number of esters is 1. The lowest BCUT2D eigenvalue weighted by Gasteiger charge is -2.28. The van der Waals surface area contributed by atoms with Crippen LogP contribution in [-0.2, 0) is 9.53 Å². The van der Waals surface area contributed by atoms with Crippen LogP contribution in [0.2, 0.25) is 5.02 Å². The number of benzene rings is 2. The third-order valence-corrected chi connectivity index (χ3v) is 4.86. The van der Waals surface area contributed by atoms with Crippen molar-refractivity contribution < 1.29 is 18.7 Å². The third-order valence-electron chi connectivity index (χ3n) is 3.51. The number of ether oxygens (including phenoxy) is 1. The number of carbonyl (C=O) groups is 2. The average Bonchev–Trinajstić information content (AvgIpc) is 2.59. The summed E-state index contributed by atoms with van der Waals surface area (Å²) in [5.41, 5.74) is 0.843. The van der Waals surface area contributed by atoms with E-state index in [9.17, 15) is 14.0 Å². The van der Waals surface area contributed by atoms with Crippen molar-refractivity contribution in [3.63, 3.8) is 0 Å². The lowest BCUT2D eigenvalue weighted by Crippen LogP contribution is -2.38. The molecule has 0 aromatic heterocycles. The second kappa shape index (κ2) is 7.23. The smallest absolute Gasteiger partial charge is 0.340 e. The van der Waals surface area contributed by atoms with Gasteiger partial charge >= 0.3 is 5.97 Å². The Morgan fingerprint density at radius 1 is 1.25 bits per heavy atom. The Morgan fingerprint density at radius 2 is 2.04 bits per heavy atom. The lowest BCUT2D eigenvalue weighted by atomic mass is 10.2. The minimum Gasteiger partial charge on any atom is -0.452 e. The molecule has 0 saturated carbocycles. The van der Waals surface area contributed by atoms with Crippen molar-refractivity contribution in [3.8, 4) is 0 Å². The minimum absolute atomic E-state index is 0.0282. The Morgan fingerprint density at radius 3 is 2.83 bits per heavy atom. The molecular weight excluding hydrogens is 353 g/mol. The van der Waals surface area contributed by atoms with Gasteiger partial charge in [0.25, 0.3) is 5.91 Å². The van der Waals surface area contributed by atoms with E-state index in [2.05, 4.69) is 0 Å². The van der Waals surface area contributed by atoms with Crippen molar-refractivity contribution in [3.05, 3.63) is 58.9 Å². The van der Waals surface area contributed by atoms with Gasteiger partial charge in [-0.3, -0.25) is 4.79 Å². The quantitative estimate of drug-likeness (QED) is 0.777. The highest BCUT2D eigenvalue weighted by Gasteiger charge is 2.24. The predicted molar refractivity (Wildman–Crippen MR) is 91.2 cm³/mol. The van der Waals surface area contributed by atoms with Gasteiger partial charge in [-0.2, -0.15) is 0 Å². The van der Waals surface area contributed by atoms with E-state index in [0.29, 0.717) is 6.54 Å². The molecule has 1 aliphatic heterocycles. The zero-order valence-corrected chi connectivity index (χ0v) is 14.1. The fraction of sp³-hybridized carbons (Fsp3) is 0.176. The van der Waals surface area contributed by atoms with Gasteiger partial charge in [0.1, 0.15) is 5.82 Å². The molecule has 7 heteroatoms. The molecule has 1 heterocycles. The van der Waals surface area contributed by atoms with E-state index < -0.39 is 18.4 Å². The molecule has 0 spiro atoms. The Bertz CT molecular complexity index is 799. The molecule has 124 valence electrons. The Balaban J connectivity index is 1.67. The van der Waals surface area contributed by atoms with Crippen molar-refractivity contribution in [1.29, 1.82) is 0 Å². The Labute approximate surface area is 147 Å². The number of carbonyl (C=O) groups excluding carboxylic acids is 2. The van der Waals surface area contributed by atoms with E-state index in [4.69, 9.17) is 16.3 Å². The molecule has 0 aliphatic carbocycles. The van der Waals surface area contributed by atoms with Gasteiger partial charge in [-0.15, -0.1) is 11.8 Å². The van der Waals surface area contributed by atoms with Crippen molar-refractivity contribution in [2.24, 2.45) is 0 Å². The number of fused-ring (bicyclic) bond motifs is 1. The molecule has 1 amide bonds. The summed E-state index contributed by atoms with van der Waals surface area (Å²) in [7, 11) is 0. The van der Waals surface area contributed by atoms with Crippen molar-refractivity contribution in [2.75, 3.05) is 23.8 Å². The highest BCUT2D eigenvalue weighted by atomic mass is 35.5. The average molecular weight is 366 g/mol. The zero-order chi connectivity index (χ0) is 17.1. The van der Waals surface area contributed by atoms with Crippen LogP contribution in [0.1, 0.15) is 10.4 Å². The van der Waals surface area contributed by atoms with E-state index in [1.807, 2.05) is 24.3 Å². The largest absolute Gasteiger partial charge is 0.452 e. The normalized spacial score (nSPS) is 13.3. The molecular formula is C17H13ClFNO3S. The number of amides is 1. The van der Waals surface area contributed by atoms with Gasteiger partial charge in [-0.05, 0) is 30.3 Å². The number of nitrogens with zero attached hydrogens (tertiary/aromatic N) is 1. The summed E-state index contributed by atoms with van der Waals surface area (Å²) in [5.74, 6) is -0.835. The van der Waals surface area contributed by atoms with E-state index in [0.717, 1.165) is 28.5 Å². The molecule has 24 heavy (non-hydrogen) atoms. The molecule has 0 unspecified atom stereocenters. The van der Waals surface area contributed by atoms with Crippen LogP contribution in [0.3, 0.4) is 0 Å². The number of para-hydroxylation sites is 1. The predicted octanol–water partition coefficient (Wildman–Crippen LogP) is 3.77. The molecule has 2 aromatic carbocycles. The van der Waals surface area contributed by atoms with Crippen LogP contribution >= 0.6 is 23.4 Å². The number of halogens is 2. The van der Waals surface area contributed by atoms with Crippen molar-refractivity contribution >= 4 is 40.9 Å². The summed E-state index contributed by atoms with van der Waals surface area (Å²) in [6.45, 7) is 0.154. The summed E-state index contributed by atoms with van der Waals surface area (Å²) >= 11 is 7.50. The summed E-state index contributed by atoms with van der Waals surface area (Å²) in [6, 6.07) is 10.9. The van der Waals surface area contributed by atoms with Gasteiger partial charge in [-0.1, -0.05) is 23.7 Å². The van der Waals surface area contributed by atoms with Gasteiger partial charge < -0.3 is 9.64 Å². The van der Waals surface area contributed by atoms with Gasteiger partial charge in [0.05, 0.1) is 16.3 Å². The monoisotopic (exact) mass is 365 g/mol. The first-order valence-electron chi connectivity index (χ1n) is 7.20. The van der Waals surface area contributed by atoms with Gasteiger partial charge in [-0.25, -0.2) is 9.18 Å². The SMILES string of the molecule is O=C(OCC(=O)N1CCSc2ccccc21)c1ccc(F)cc1Cl. The number of rotatable bonds is 3. The molecule has 2 aromatic rings. The van der Waals surface area contributed by atoms with Gasteiger partial charge in [0, 0.05) is 17.2 Å². The number of hydrogen-bond acceptors (Lipinski definition) is 4. The standard InChI is InChI=1S/C17H13ClFNO3S/c18-13-9-11(19)5-6-12(13)17(22)23-10-16(21)20-7-8-24-15-4-2-1-3-14(15)20/h1-6,9H,7-8,10H2. The zero-order valence-electron chi connectivity index (χ0n) is 12.5. The van der Waals surface area contributed by atoms with Crippen LogP contribution in [0.25, 0.3) is 0 Å². The third kappa shape index (κ3) is 3.55. The number of hydrogen-bond donors (Lipinski definition) is 0. The molecule has 0 fully saturated rings. The number of thioether (sulfide) groups is 1. The second-order valence-electron chi connectivity index (χ2n) is 5.06. The first-order chi connectivity index (χ1) is 11.6. The fourth-order valence-electron chi connectivity index (χ4n) is 2.37. The van der Waals surface area contributed by atoms with Crippen LogP contribution in [0.5, 0.6) is 0 Å². The highest BCUT2D eigenvalue weighted by Crippen LogP contribution is 2.34. The van der Waals surface area contributed by atoms with E-state index in [1.54, 1.807) is 16.7 Å². The second-order valence-corrected chi connectivity index (χ2v) is 6.61. The van der Waals surface area contributed by atoms with Crippen LogP contribution in [0, 0.1) is 5.82 Å². The topological polar surface area (TPSA) is 46.6 Å². The van der Waals surface area contributed by atoms with Crippen molar-refractivity contribution in [2.45, 2.75) is 4.90 Å². The minimum atomic E-state index is -0.756. The summed E-state index contributed by atoms with van der Waals surface area (Å²) in [5, 5.41) is -0.0489. The molecule has 1 aliphatic rings. The first-order valence-corrected chi connectivity index (χ1v) is 8.57. The maximum Gasteiger partial charge on any atom is 0.340 e. The molecule has 4 nitrogen and oxygen atoms in total. The fourth-order valence-corrected chi connectivity index (χ4v) is 3.61. The lowest BCUT2D eigenvalue weighted by molar-refractivity contribution is -0.121. The molecule has 0 atom stereocenters. The van der Waals surface area contributed by atoms with Crippen LogP contribution in [-0.4, -0.2) is 30.8 Å². The molecule has 0 saturated heterocycles. The van der Waals surface area contributed by atoms with E-state index in [-0.39, 0.29) is 16.5 Å². The van der Waals surface area contributed by atoms with Gasteiger partial charge in [0.2, 0.25) is 0 Å².